The average molecular weight is 486 g/mol. The molecule has 180 valence electrons. The lowest BCUT2D eigenvalue weighted by Gasteiger charge is -2.12. The Kier molecular flexibility index (Phi) is 6.01. The third kappa shape index (κ3) is 4.84. The predicted octanol–water partition coefficient (Wildman–Crippen LogP) is 6.80. The molecule has 2 N–H and O–H groups in total. The van der Waals surface area contributed by atoms with E-state index in [0.717, 1.165) is 45.6 Å². The van der Waals surface area contributed by atoms with Crippen molar-refractivity contribution in [1.29, 1.82) is 0 Å². The number of rotatable bonds is 5. The predicted molar refractivity (Wildman–Crippen MR) is 133 cm³/mol. The van der Waals surface area contributed by atoms with Crippen molar-refractivity contribution in [1.82, 2.24) is 15.0 Å². The number of carbonyl (C=O) groups is 1. The quantitative estimate of drug-likeness (QED) is 0.287. The van der Waals surface area contributed by atoms with Crippen LogP contribution < -0.4 is 5.32 Å². The zero-order valence-corrected chi connectivity index (χ0v) is 19.2. The van der Waals surface area contributed by atoms with E-state index in [1.807, 2.05) is 55.6 Å². The van der Waals surface area contributed by atoms with Crippen molar-refractivity contribution in [3.8, 4) is 11.3 Å². The standard InChI is InChI=1S/C28H21F3N4O/c1-17-10-11-22(33-27(36)19-8-5-9-21(14-19)28(29,30)31)15-20(17)16-24-34-23-12-13-32-26(23)25(35-24)18-6-3-2-4-7-18/h2-15,32H,16H2,1H3,(H,33,36). The van der Waals surface area contributed by atoms with E-state index in [-0.39, 0.29) is 5.56 Å². The number of aromatic nitrogens is 3. The van der Waals surface area contributed by atoms with Crippen LogP contribution in [0.1, 0.15) is 32.9 Å². The average Bonchev–Trinajstić information content (AvgIpc) is 3.34. The molecule has 36 heavy (non-hydrogen) atoms. The maximum atomic E-state index is 13.0. The van der Waals surface area contributed by atoms with Crippen LogP contribution in [0.5, 0.6) is 0 Å². The molecule has 0 aliphatic rings. The number of nitrogens with zero attached hydrogens (tertiary/aromatic N) is 2. The third-order valence-electron chi connectivity index (χ3n) is 5.91. The summed E-state index contributed by atoms with van der Waals surface area (Å²) in [5.74, 6) is -0.00216. The highest BCUT2D eigenvalue weighted by Gasteiger charge is 2.30. The molecule has 1 amide bonds. The topological polar surface area (TPSA) is 70.7 Å². The molecule has 5 rings (SSSR count). The van der Waals surface area contributed by atoms with Crippen molar-refractivity contribution in [3.63, 3.8) is 0 Å². The van der Waals surface area contributed by atoms with Gasteiger partial charge in [0.25, 0.3) is 5.91 Å². The number of benzene rings is 3. The monoisotopic (exact) mass is 486 g/mol. The third-order valence-corrected chi connectivity index (χ3v) is 5.91. The van der Waals surface area contributed by atoms with Gasteiger partial charge in [-0.05, 0) is 54.4 Å². The van der Waals surface area contributed by atoms with Gasteiger partial charge in [0, 0.05) is 29.4 Å². The minimum absolute atomic E-state index is 0.0688. The Balaban J connectivity index is 1.43. The fourth-order valence-electron chi connectivity index (χ4n) is 4.03. The molecule has 0 atom stereocenters. The molecular formula is C28H21F3N4O. The van der Waals surface area contributed by atoms with Crippen molar-refractivity contribution < 1.29 is 18.0 Å². The SMILES string of the molecule is Cc1ccc(NC(=O)c2cccc(C(F)(F)F)c2)cc1Cc1nc(-c2ccccc2)c2[nH]ccc2n1. The molecule has 0 saturated carbocycles. The van der Waals surface area contributed by atoms with E-state index in [2.05, 4.69) is 10.3 Å². The van der Waals surface area contributed by atoms with Gasteiger partial charge in [0.1, 0.15) is 5.82 Å². The minimum atomic E-state index is -4.52. The molecule has 0 saturated heterocycles. The van der Waals surface area contributed by atoms with Crippen molar-refractivity contribution in [2.75, 3.05) is 5.32 Å². The Hall–Kier alpha value is -4.46. The van der Waals surface area contributed by atoms with Crippen LogP contribution in [-0.4, -0.2) is 20.9 Å². The van der Waals surface area contributed by atoms with Gasteiger partial charge in [-0.25, -0.2) is 9.97 Å². The first-order valence-corrected chi connectivity index (χ1v) is 11.3. The Morgan fingerprint density at radius 1 is 0.944 bits per heavy atom. The van der Waals surface area contributed by atoms with Crippen LogP contribution in [0.3, 0.4) is 0 Å². The van der Waals surface area contributed by atoms with Crippen LogP contribution in [0, 0.1) is 6.92 Å². The zero-order valence-electron chi connectivity index (χ0n) is 19.2. The lowest BCUT2D eigenvalue weighted by atomic mass is 10.0. The molecule has 0 aliphatic carbocycles. The highest BCUT2D eigenvalue weighted by atomic mass is 19.4. The van der Waals surface area contributed by atoms with Crippen LogP contribution in [0.2, 0.25) is 0 Å². The van der Waals surface area contributed by atoms with Gasteiger partial charge in [-0.1, -0.05) is 42.5 Å². The molecule has 5 aromatic rings. The summed E-state index contributed by atoms with van der Waals surface area (Å²) >= 11 is 0. The van der Waals surface area contributed by atoms with E-state index in [1.165, 1.54) is 12.1 Å². The first-order chi connectivity index (χ1) is 17.3. The van der Waals surface area contributed by atoms with Gasteiger partial charge < -0.3 is 10.3 Å². The molecule has 2 heterocycles. The molecule has 0 fully saturated rings. The minimum Gasteiger partial charge on any atom is -0.358 e. The molecule has 0 radical (unpaired) electrons. The number of carbonyl (C=O) groups excluding carboxylic acids is 1. The smallest absolute Gasteiger partial charge is 0.358 e. The van der Waals surface area contributed by atoms with Gasteiger partial charge in [0.2, 0.25) is 0 Å². The van der Waals surface area contributed by atoms with Crippen molar-refractivity contribution in [2.45, 2.75) is 19.5 Å². The first kappa shape index (κ1) is 23.3. The molecule has 0 spiro atoms. The maximum absolute atomic E-state index is 13.0. The number of fused-ring (bicyclic) bond motifs is 1. The van der Waals surface area contributed by atoms with Gasteiger partial charge in [0.05, 0.1) is 22.3 Å². The van der Waals surface area contributed by atoms with Crippen LogP contribution in [0.25, 0.3) is 22.3 Å². The highest BCUT2D eigenvalue weighted by molar-refractivity contribution is 6.04. The number of hydrogen-bond acceptors (Lipinski definition) is 3. The summed E-state index contributed by atoms with van der Waals surface area (Å²) in [4.78, 5) is 25.4. The van der Waals surface area contributed by atoms with Crippen LogP contribution >= 0.6 is 0 Å². The molecule has 2 aromatic heterocycles. The molecule has 0 unspecified atom stereocenters. The Bertz CT molecular complexity index is 1560. The van der Waals surface area contributed by atoms with Crippen molar-refractivity contribution >= 4 is 22.6 Å². The Morgan fingerprint density at radius 3 is 2.53 bits per heavy atom. The second-order valence-corrected chi connectivity index (χ2v) is 8.44. The first-order valence-electron chi connectivity index (χ1n) is 11.3. The van der Waals surface area contributed by atoms with Crippen LogP contribution in [0.15, 0.2) is 85.1 Å². The van der Waals surface area contributed by atoms with E-state index >= 15 is 0 Å². The fraction of sp³-hybridized carbons (Fsp3) is 0.107. The molecule has 0 aliphatic heterocycles. The van der Waals surface area contributed by atoms with Gasteiger partial charge in [-0.15, -0.1) is 0 Å². The number of amides is 1. The number of hydrogen-bond donors (Lipinski definition) is 2. The molecule has 8 heteroatoms. The number of aryl methyl sites for hydroxylation is 1. The molecule has 5 nitrogen and oxygen atoms in total. The second kappa shape index (κ2) is 9.30. The summed E-state index contributed by atoms with van der Waals surface area (Å²) in [6, 6.07) is 21.4. The molecule has 3 aromatic carbocycles. The van der Waals surface area contributed by atoms with Gasteiger partial charge >= 0.3 is 6.18 Å². The number of anilines is 1. The summed E-state index contributed by atoms with van der Waals surface area (Å²) in [7, 11) is 0. The van der Waals surface area contributed by atoms with E-state index < -0.39 is 17.6 Å². The number of H-pyrrole nitrogens is 1. The van der Waals surface area contributed by atoms with Crippen LogP contribution in [0.4, 0.5) is 18.9 Å². The van der Waals surface area contributed by atoms with E-state index in [4.69, 9.17) is 9.97 Å². The van der Waals surface area contributed by atoms with Crippen molar-refractivity contribution in [3.05, 3.63) is 113 Å². The molecule has 0 bridgehead atoms. The van der Waals surface area contributed by atoms with Gasteiger partial charge in [-0.3, -0.25) is 4.79 Å². The maximum Gasteiger partial charge on any atom is 0.416 e. The second-order valence-electron chi connectivity index (χ2n) is 8.44. The van der Waals surface area contributed by atoms with Crippen molar-refractivity contribution in [2.24, 2.45) is 0 Å². The summed E-state index contributed by atoms with van der Waals surface area (Å²) in [5, 5.41) is 2.70. The lowest BCUT2D eigenvalue weighted by molar-refractivity contribution is -0.137. The summed E-state index contributed by atoms with van der Waals surface area (Å²) in [5.41, 5.74) is 4.82. The van der Waals surface area contributed by atoms with E-state index in [1.54, 1.807) is 12.1 Å². The Morgan fingerprint density at radius 2 is 1.75 bits per heavy atom. The number of nitrogens with one attached hydrogen (secondary N) is 2. The largest absolute Gasteiger partial charge is 0.416 e. The normalized spacial score (nSPS) is 11.6. The number of aromatic amines is 1. The van der Waals surface area contributed by atoms with Gasteiger partial charge in [-0.2, -0.15) is 13.2 Å². The van der Waals surface area contributed by atoms with E-state index in [0.29, 0.717) is 17.9 Å². The summed E-state index contributed by atoms with van der Waals surface area (Å²) in [6.07, 6.45) is -2.28. The Labute approximate surface area is 205 Å². The van der Waals surface area contributed by atoms with E-state index in [9.17, 15) is 18.0 Å². The number of halogens is 3. The molecular weight excluding hydrogens is 465 g/mol. The lowest BCUT2D eigenvalue weighted by Crippen LogP contribution is -2.14. The summed E-state index contributed by atoms with van der Waals surface area (Å²) in [6.45, 7) is 1.95. The highest BCUT2D eigenvalue weighted by Crippen LogP contribution is 2.30. The fourth-order valence-corrected chi connectivity index (χ4v) is 4.03. The number of alkyl halides is 3. The van der Waals surface area contributed by atoms with Gasteiger partial charge in [0.15, 0.2) is 0 Å². The zero-order chi connectivity index (χ0) is 25.3. The van der Waals surface area contributed by atoms with Crippen LogP contribution in [-0.2, 0) is 12.6 Å². The summed E-state index contributed by atoms with van der Waals surface area (Å²) < 4.78 is 39.1.